The summed E-state index contributed by atoms with van der Waals surface area (Å²) in [5, 5.41) is 8.28. The van der Waals surface area contributed by atoms with Crippen LogP contribution in [-0.4, -0.2) is 93.1 Å². The van der Waals surface area contributed by atoms with E-state index in [0.717, 1.165) is 24.3 Å². The molecule has 0 aliphatic rings. The zero-order valence-corrected chi connectivity index (χ0v) is 61.0. The van der Waals surface area contributed by atoms with Gasteiger partial charge in [-0.2, -0.15) is 26.3 Å². The maximum absolute atomic E-state index is 14.5. The first kappa shape index (κ1) is 83.6. The Bertz CT molecular complexity index is 4420. The number of aromatic carboxylic acids is 1. The molecule has 0 aliphatic heterocycles. The lowest BCUT2D eigenvalue weighted by molar-refractivity contribution is -0.229. The molecule has 0 saturated heterocycles. The van der Waals surface area contributed by atoms with Gasteiger partial charge in [0.2, 0.25) is 11.3 Å². The number of methoxy groups -OCH3 is 3. The highest BCUT2D eigenvalue weighted by Gasteiger charge is 2.55. The van der Waals surface area contributed by atoms with Crippen molar-refractivity contribution < 1.29 is 83.2 Å². The Balaban J connectivity index is 0.000000260. The summed E-state index contributed by atoms with van der Waals surface area (Å²) in [5.41, 5.74) is 1.19. The number of carboxylic acid groups (broad SMARTS) is 1. The SMILES string of the molecule is CC(F)(c1cc(Cl)c(N)c(Br)c1)C(F)(F)F.[C-]#[N+]c1ccc(C(=O)N(CC)c2cccc(C(=O)Cc3c(Cl)cc(C(C)(F)C(F)(F)F)cc3Br)c2OC)cc1.[C-]#[N+]c1ccc(C(=O)N(CC)c2cccc(C(=O)Cl)c2OC)cc1.[C-]#[N+]c1ccc(C(=O)N(CC)c2cccc(C(=O)O)c2OC)cc1. The van der Waals surface area contributed by atoms with Crippen molar-refractivity contribution in [3.05, 3.63) is 255 Å². The molecule has 8 rings (SSSR count). The third-order valence-corrected chi connectivity index (χ3v) is 17.5. The van der Waals surface area contributed by atoms with Gasteiger partial charge >= 0.3 is 18.3 Å². The lowest BCUT2D eigenvalue weighted by Gasteiger charge is -2.25. The number of hydrogen-bond donors (Lipinski definition) is 2. The van der Waals surface area contributed by atoms with Gasteiger partial charge < -0.3 is 39.8 Å². The van der Waals surface area contributed by atoms with Crippen molar-refractivity contribution >= 4 is 141 Å². The molecular weight excluding hydrogens is 1550 g/mol. The Hall–Kier alpha value is -10.1. The Kier molecular flexibility index (Phi) is 29.4. The van der Waals surface area contributed by atoms with Crippen LogP contribution in [0.4, 0.5) is 74.9 Å². The van der Waals surface area contributed by atoms with Gasteiger partial charge in [-0.15, -0.1) is 0 Å². The second-order valence-corrected chi connectivity index (χ2v) is 24.5. The van der Waals surface area contributed by atoms with E-state index in [4.69, 9.17) is 74.5 Å². The van der Waals surface area contributed by atoms with E-state index in [1.165, 1.54) is 72.4 Å². The molecule has 8 aromatic carbocycles. The quantitative estimate of drug-likeness (QED) is 0.0257. The summed E-state index contributed by atoms with van der Waals surface area (Å²) in [7, 11) is 4.13. The van der Waals surface area contributed by atoms with Crippen molar-refractivity contribution in [1.29, 1.82) is 0 Å². The second-order valence-electron chi connectivity index (χ2n) is 21.7. The molecule has 30 heteroatoms. The number of nitrogens with two attached hydrogens (primary N) is 1. The maximum atomic E-state index is 14.5. The van der Waals surface area contributed by atoms with Gasteiger partial charge in [0.25, 0.3) is 23.0 Å². The van der Waals surface area contributed by atoms with E-state index in [1.54, 1.807) is 105 Å². The van der Waals surface area contributed by atoms with Gasteiger partial charge in [-0.3, -0.25) is 24.0 Å². The van der Waals surface area contributed by atoms with E-state index in [2.05, 4.69) is 46.4 Å². The standard InChI is InChI=1S/C28H22BrClF4N2O3.C18H15ClN2O3.C18H16N2O4.C9H7BrClF4N/c1-5-36(26(38)16-9-11-18(35-3)12-10-16)23-8-6-7-19(25(23)39-4)24(37)15-20-21(29)13-17(14-22(20)30)27(2,31)28(32,33)34;1-4-21(18(23)12-8-10-13(20-2)11-9-12)15-7-5-6-14(17(19)22)16(15)24-3;1-4-20(17(21)12-8-10-13(19-2)11-9-12)15-7-5-6-14(18(22)23)16(15)24-3;1-8(12,9(13,14)15)4-2-5(10)7(16)6(11)3-4/h6-14H,5,15H2,1-2,4H3;5-11H,4H2,1,3H3;5-11H,4H2,1,3H3,(H,22,23);2-3H,16H2,1H3. The zero-order valence-electron chi connectivity index (χ0n) is 55.6. The number of carbonyl (C=O) groups is 6. The van der Waals surface area contributed by atoms with Gasteiger partial charge in [0.05, 0.1) is 79.9 Å². The Morgan fingerprint density at radius 2 is 0.806 bits per heavy atom. The maximum Gasteiger partial charge on any atom is 0.426 e. The lowest BCUT2D eigenvalue weighted by Crippen LogP contribution is -2.35. The molecule has 2 unspecified atom stereocenters. The average Bonchev–Trinajstić information content (AvgIpc) is 0.793. The monoisotopic (exact) mass is 1610 g/mol. The van der Waals surface area contributed by atoms with E-state index in [-0.39, 0.29) is 94.9 Å². The molecule has 0 saturated carbocycles. The normalized spacial score (nSPS) is 11.9. The van der Waals surface area contributed by atoms with Crippen molar-refractivity contribution in [2.45, 2.75) is 64.7 Å². The molecule has 0 heterocycles. The van der Waals surface area contributed by atoms with Crippen molar-refractivity contribution in [2.75, 3.05) is 61.4 Å². The molecule has 103 heavy (non-hydrogen) atoms. The molecule has 0 aromatic heterocycles. The molecule has 0 fully saturated rings. The number of para-hydroxylation sites is 3. The first-order chi connectivity index (χ1) is 48.4. The number of nitrogen functional groups attached to an aromatic ring is 1. The summed E-state index contributed by atoms with van der Waals surface area (Å²) < 4.78 is 121. The van der Waals surface area contributed by atoms with Crippen molar-refractivity contribution in [1.82, 2.24) is 0 Å². The summed E-state index contributed by atoms with van der Waals surface area (Å²) in [5.74, 6) is -2.04. The van der Waals surface area contributed by atoms with Crippen LogP contribution in [0.15, 0.2) is 161 Å². The number of Topliss-reactive ketones (excluding diaryl/α,β-unsaturated/α-hetero) is 1. The fourth-order valence-corrected chi connectivity index (χ4v) is 11.6. The van der Waals surface area contributed by atoms with Crippen LogP contribution < -0.4 is 34.6 Å². The largest absolute Gasteiger partial charge is 0.494 e. The molecule has 17 nitrogen and oxygen atoms in total. The van der Waals surface area contributed by atoms with Gasteiger partial charge in [-0.1, -0.05) is 130 Å². The number of carboxylic acids is 1. The van der Waals surface area contributed by atoms with Gasteiger partial charge in [-0.05, 0) is 128 Å². The minimum Gasteiger partial charge on any atom is -0.494 e. The molecule has 0 bridgehead atoms. The molecule has 2 atom stereocenters. The number of ketones is 1. The minimum atomic E-state index is -5.16. The molecule has 3 N–H and O–H groups in total. The predicted octanol–water partition coefficient (Wildman–Crippen LogP) is 20.8. The third-order valence-electron chi connectivity index (χ3n) is 15.3. The Morgan fingerprint density at radius 1 is 0.495 bits per heavy atom. The smallest absolute Gasteiger partial charge is 0.426 e. The van der Waals surface area contributed by atoms with Crippen LogP contribution in [0, 0.1) is 19.7 Å². The van der Waals surface area contributed by atoms with Gasteiger partial charge in [-0.25, -0.2) is 28.1 Å². The number of rotatable bonds is 19. The van der Waals surface area contributed by atoms with Crippen molar-refractivity contribution in [3.8, 4) is 17.2 Å². The van der Waals surface area contributed by atoms with Gasteiger partial charge in [0.1, 0.15) is 5.56 Å². The van der Waals surface area contributed by atoms with E-state index >= 15 is 0 Å². The molecule has 3 amide bonds. The number of ether oxygens (including phenoxy) is 3. The van der Waals surface area contributed by atoms with Crippen LogP contribution in [0.5, 0.6) is 17.2 Å². The number of alkyl halides is 8. The minimum absolute atomic E-state index is 0.00963. The predicted molar refractivity (Wildman–Crippen MR) is 386 cm³/mol. The topological polar surface area (TPSA) is 199 Å². The number of carbonyl (C=O) groups excluding carboxylic acids is 5. The number of hydrogen-bond acceptors (Lipinski definition) is 10. The number of anilines is 4. The summed E-state index contributed by atoms with van der Waals surface area (Å²) in [4.78, 5) is 89.4. The molecule has 538 valence electrons. The van der Waals surface area contributed by atoms with Crippen molar-refractivity contribution in [3.63, 3.8) is 0 Å². The lowest BCUT2D eigenvalue weighted by atomic mass is 9.94. The molecular formula is C73H60Br2Cl3F8N7O10. The summed E-state index contributed by atoms with van der Waals surface area (Å²) in [6, 6.07) is 36.6. The number of nitrogens with zero attached hydrogens (tertiary/aromatic N) is 6. The van der Waals surface area contributed by atoms with E-state index in [0.29, 0.717) is 77.8 Å². The first-order valence-electron chi connectivity index (χ1n) is 30.0. The fraction of sp³-hybridized carbons (Fsp3) is 0.219. The summed E-state index contributed by atoms with van der Waals surface area (Å²) in [6.45, 7) is 28.1. The number of halogens is 13. The summed E-state index contributed by atoms with van der Waals surface area (Å²) in [6.07, 6.45) is -10.5. The first-order valence-corrected chi connectivity index (χ1v) is 32.7. The van der Waals surface area contributed by atoms with Crippen LogP contribution in [-0.2, 0) is 17.8 Å². The van der Waals surface area contributed by atoms with E-state index in [1.807, 2.05) is 6.92 Å². The number of amides is 3. The highest BCUT2D eigenvalue weighted by molar-refractivity contribution is 9.11. The van der Waals surface area contributed by atoms with Crippen LogP contribution in [0.3, 0.4) is 0 Å². The number of benzene rings is 8. The van der Waals surface area contributed by atoms with E-state index < -0.39 is 51.8 Å². The fourth-order valence-electron chi connectivity index (χ4n) is 9.65. The van der Waals surface area contributed by atoms with Crippen LogP contribution >= 0.6 is 66.7 Å². The van der Waals surface area contributed by atoms with Crippen LogP contribution in [0.1, 0.15) is 113 Å². The Labute approximate surface area is 618 Å². The third kappa shape index (κ3) is 19.8. The molecule has 0 radical (unpaired) electrons. The molecule has 0 spiro atoms. The average molecular weight is 1610 g/mol. The second kappa shape index (κ2) is 36.2. The van der Waals surface area contributed by atoms with Gasteiger partial charge in [0.15, 0.2) is 40.1 Å². The Morgan fingerprint density at radius 3 is 1.10 bits per heavy atom. The van der Waals surface area contributed by atoms with Crippen LogP contribution in [0.2, 0.25) is 10.0 Å². The van der Waals surface area contributed by atoms with E-state index in [9.17, 15) is 69.0 Å². The van der Waals surface area contributed by atoms with Gasteiger partial charge in [0, 0.05) is 67.8 Å². The zero-order chi connectivity index (χ0) is 77.2. The highest BCUT2D eigenvalue weighted by Crippen LogP contribution is 2.47. The van der Waals surface area contributed by atoms with Crippen molar-refractivity contribution in [2.24, 2.45) is 0 Å². The molecule has 0 aliphatic carbocycles. The van der Waals surface area contributed by atoms with Crippen LogP contribution in [0.25, 0.3) is 14.5 Å². The summed E-state index contributed by atoms with van der Waals surface area (Å²) >= 11 is 23.4. The molecule has 8 aromatic rings. The highest BCUT2D eigenvalue weighted by atomic mass is 79.9.